The highest BCUT2D eigenvalue weighted by Gasteiger charge is 2.10. The monoisotopic (exact) mass is 295 g/mol. The molecule has 0 saturated carbocycles. The largest absolute Gasteiger partial charge is 0.383 e. The Morgan fingerprint density at radius 3 is 2.52 bits per heavy atom. The molecule has 0 atom stereocenters. The van der Waals surface area contributed by atoms with Gasteiger partial charge in [-0.15, -0.1) is 11.3 Å². The van der Waals surface area contributed by atoms with E-state index in [0.29, 0.717) is 11.7 Å². The number of rotatable bonds is 3. The van der Waals surface area contributed by atoms with Crippen molar-refractivity contribution in [3.8, 4) is 21.8 Å². The van der Waals surface area contributed by atoms with Gasteiger partial charge in [-0.3, -0.25) is 0 Å². The maximum atomic E-state index is 5.91. The number of thiazole rings is 1. The van der Waals surface area contributed by atoms with Crippen LogP contribution in [0.4, 0.5) is 5.82 Å². The number of aromatic nitrogens is 2. The van der Waals surface area contributed by atoms with Crippen molar-refractivity contribution in [2.75, 3.05) is 5.73 Å². The van der Waals surface area contributed by atoms with Crippen LogP contribution in [0.1, 0.15) is 25.3 Å². The lowest BCUT2D eigenvalue weighted by Crippen LogP contribution is -1.92. The van der Waals surface area contributed by atoms with Crippen molar-refractivity contribution in [3.63, 3.8) is 0 Å². The van der Waals surface area contributed by atoms with Crippen LogP contribution in [0.25, 0.3) is 21.8 Å². The standard InChI is InChI=1S/C17H17N3S/c1-11(2)12-5-7-13(8-6-12)15-10-21-17(20-15)14-4-3-9-19-16(14)18/h3-11H,1-2H3,(H2,18,19). The molecule has 0 amide bonds. The van der Waals surface area contributed by atoms with E-state index in [4.69, 9.17) is 5.73 Å². The highest BCUT2D eigenvalue weighted by Crippen LogP contribution is 2.31. The second-order valence-corrected chi connectivity index (χ2v) is 6.11. The van der Waals surface area contributed by atoms with E-state index in [2.05, 4.69) is 53.5 Å². The number of pyridine rings is 1. The maximum Gasteiger partial charge on any atom is 0.133 e. The van der Waals surface area contributed by atoms with Crippen LogP contribution in [-0.2, 0) is 0 Å². The van der Waals surface area contributed by atoms with Gasteiger partial charge in [0, 0.05) is 17.1 Å². The van der Waals surface area contributed by atoms with Crippen molar-refractivity contribution in [2.45, 2.75) is 19.8 Å². The molecule has 3 aromatic rings. The van der Waals surface area contributed by atoms with Gasteiger partial charge >= 0.3 is 0 Å². The zero-order valence-electron chi connectivity index (χ0n) is 12.1. The van der Waals surface area contributed by atoms with Crippen molar-refractivity contribution in [2.24, 2.45) is 0 Å². The first-order valence-electron chi connectivity index (χ1n) is 6.92. The Bertz CT molecular complexity index is 745. The molecule has 0 aliphatic rings. The summed E-state index contributed by atoms with van der Waals surface area (Å²) in [7, 11) is 0. The summed E-state index contributed by atoms with van der Waals surface area (Å²) < 4.78 is 0. The lowest BCUT2D eigenvalue weighted by molar-refractivity contribution is 0.867. The van der Waals surface area contributed by atoms with Gasteiger partial charge in [0.05, 0.1) is 11.3 Å². The molecule has 3 nitrogen and oxygen atoms in total. The van der Waals surface area contributed by atoms with Crippen LogP contribution in [0.2, 0.25) is 0 Å². The first-order valence-corrected chi connectivity index (χ1v) is 7.80. The lowest BCUT2D eigenvalue weighted by Gasteiger charge is -2.05. The smallest absolute Gasteiger partial charge is 0.133 e. The number of hydrogen-bond donors (Lipinski definition) is 1. The molecule has 3 rings (SSSR count). The zero-order valence-corrected chi connectivity index (χ0v) is 12.9. The second kappa shape index (κ2) is 5.66. The van der Waals surface area contributed by atoms with Crippen LogP contribution in [0.5, 0.6) is 0 Å². The summed E-state index contributed by atoms with van der Waals surface area (Å²) >= 11 is 1.59. The molecule has 21 heavy (non-hydrogen) atoms. The number of nitrogen functional groups attached to an aromatic ring is 1. The first-order chi connectivity index (χ1) is 10.1. The molecule has 0 fully saturated rings. The van der Waals surface area contributed by atoms with E-state index in [9.17, 15) is 0 Å². The average Bonchev–Trinajstić information content (AvgIpc) is 2.97. The molecule has 0 aliphatic carbocycles. The third-order valence-electron chi connectivity index (χ3n) is 3.45. The van der Waals surface area contributed by atoms with Gasteiger partial charge in [0.15, 0.2) is 0 Å². The van der Waals surface area contributed by atoms with Gasteiger partial charge in [-0.1, -0.05) is 38.1 Å². The van der Waals surface area contributed by atoms with Gasteiger partial charge in [-0.05, 0) is 23.6 Å². The topological polar surface area (TPSA) is 51.8 Å². The molecular weight excluding hydrogens is 278 g/mol. The summed E-state index contributed by atoms with van der Waals surface area (Å²) in [5.74, 6) is 1.06. The van der Waals surface area contributed by atoms with Crippen molar-refractivity contribution in [1.29, 1.82) is 0 Å². The Kier molecular flexibility index (Phi) is 3.71. The van der Waals surface area contributed by atoms with Gasteiger partial charge in [-0.25, -0.2) is 9.97 Å². The number of hydrogen-bond acceptors (Lipinski definition) is 4. The highest BCUT2D eigenvalue weighted by atomic mass is 32.1. The fourth-order valence-corrected chi connectivity index (χ4v) is 3.03. The molecule has 2 heterocycles. The van der Waals surface area contributed by atoms with E-state index in [-0.39, 0.29) is 0 Å². The van der Waals surface area contributed by atoms with Crippen LogP contribution < -0.4 is 5.73 Å². The van der Waals surface area contributed by atoms with E-state index in [0.717, 1.165) is 21.8 Å². The summed E-state index contributed by atoms with van der Waals surface area (Å²) in [5, 5.41) is 2.97. The maximum absolute atomic E-state index is 5.91. The molecule has 0 bridgehead atoms. The van der Waals surface area contributed by atoms with Crippen LogP contribution in [0.15, 0.2) is 48.0 Å². The van der Waals surface area contributed by atoms with Gasteiger partial charge in [0.25, 0.3) is 0 Å². The van der Waals surface area contributed by atoms with Crippen molar-refractivity contribution < 1.29 is 0 Å². The number of anilines is 1. The summed E-state index contributed by atoms with van der Waals surface area (Å²) in [5.41, 5.74) is 10.3. The average molecular weight is 295 g/mol. The van der Waals surface area contributed by atoms with Crippen molar-refractivity contribution >= 4 is 17.2 Å². The number of nitrogens with zero attached hydrogens (tertiary/aromatic N) is 2. The highest BCUT2D eigenvalue weighted by molar-refractivity contribution is 7.13. The Morgan fingerprint density at radius 1 is 1.10 bits per heavy atom. The molecular formula is C17H17N3S. The Labute approximate surface area is 128 Å². The molecule has 0 spiro atoms. The predicted octanol–water partition coefficient (Wildman–Crippen LogP) is 4.58. The minimum Gasteiger partial charge on any atom is -0.383 e. The lowest BCUT2D eigenvalue weighted by atomic mass is 10.0. The van der Waals surface area contributed by atoms with Gasteiger partial charge in [0.1, 0.15) is 10.8 Å². The summed E-state index contributed by atoms with van der Waals surface area (Å²) in [4.78, 5) is 8.80. The van der Waals surface area contributed by atoms with Crippen LogP contribution in [-0.4, -0.2) is 9.97 Å². The van der Waals surface area contributed by atoms with E-state index >= 15 is 0 Å². The molecule has 0 unspecified atom stereocenters. The van der Waals surface area contributed by atoms with E-state index in [1.807, 2.05) is 12.1 Å². The first kappa shape index (κ1) is 13.8. The minimum atomic E-state index is 0.522. The van der Waals surface area contributed by atoms with Crippen molar-refractivity contribution in [1.82, 2.24) is 9.97 Å². The second-order valence-electron chi connectivity index (χ2n) is 5.25. The molecule has 106 valence electrons. The van der Waals surface area contributed by atoms with Gasteiger partial charge < -0.3 is 5.73 Å². The fraction of sp³-hybridized carbons (Fsp3) is 0.176. The zero-order chi connectivity index (χ0) is 14.8. The molecule has 0 aliphatic heterocycles. The fourth-order valence-electron chi connectivity index (χ4n) is 2.17. The molecule has 0 saturated heterocycles. The summed E-state index contributed by atoms with van der Waals surface area (Å²) in [6.07, 6.45) is 1.69. The van der Waals surface area contributed by atoms with Gasteiger partial charge in [-0.2, -0.15) is 0 Å². The Balaban J connectivity index is 1.93. The SMILES string of the molecule is CC(C)c1ccc(-c2csc(-c3cccnc3N)n2)cc1. The molecule has 2 N–H and O–H groups in total. The van der Waals surface area contributed by atoms with Crippen LogP contribution in [0.3, 0.4) is 0 Å². The third-order valence-corrected chi connectivity index (χ3v) is 4.32. The normalized spacial score (nSPS) is 11.0. The Hall–Kier alpha value is -2.20. The van der Waals surface area contributed by atoms with E-state index < -0.39 is 0 Å². The van der Waals surface area contributed by atoms with Crippen LogP contribution in [0, 0.1) is 0 Å². The molecule has 4 heteroatoms. The minimum absolute atomic E-state index is 0.522. The summed E-state index contributed by atoms with van der Waals surface area (Å²) in [6, 6.07) is 12.4. The van der Waals surface area contributed by atoms with E-state index in [1.54, 1.807) is 17.5 Å². The van der Waals surface area contributed by atoms with Gasteiger partial charge in [0.2, 0.25) is 0 Å². The number of nitrogens with two attached hydrogens (primary N) is 1. The third kappa shape index (κ3) is 2.81. The van der Waals surface area contributed by atoms with Crippen molar-refractivity contribution in [3.05, 3.63) is 53.5 Å². The predicted molar refractivity (Wildman–Crippen MR) is 89.3 cm³/mol. The quantitative estimate of drug-likeness (QED) is 0.769. The Morgan fingerprint density at radius 2 is 1.86 bits per heavy atom. The van der Waals surface area contributed by atoms with Crippen LogP contribution >= 0.6 is 11.3 Å². The molecule has 0 radical (unpaired) electrons. The summed E-state index contributed by atoms with van der Waals surface area (Å²) in [6.45, 7) is 4.39. The molecule has 2 aromatic heterocycles. The molecule has 1 aromatic carbocycles. The number of benzene rings is 1. The van der Waals surface area contributed by atoms with E-state index in [1.165, 1.54) is 5.56 Å².